The maximum absolute atomic E-state index is 12.8. The molecule has 4 aliphatic heterocycles. The third-order valence-corrected chi connectivity index (χ3v) is 25.6. The fourth-order valence-electron chi connectivity index (χ4n) is 11.3. The third kappa shape index (κ3) is 12.4. The lowest BCUT2D eigenvalue weighted by atomic mass is 9.93. The largest absolute Gasteiger partial charge is 0.405 e. The monoisotopic (exact) mass is 1240 g/mol. The van der Waals surface area contributed by atoms with Crippen LogP contribution in [0, 0.1) is 0 Å². The van der Waals surface area contributed by atoms with Crippen molar-refractivity contribution in [1.29, 1.82) is 0 Å². The SMILES string of the molecule is C.C=C(N)N[C@@H]1c2cccn2C(NC(=O)C(Cl)(Cl)Cl)=N[C@H]1CO[Si](c1ccccc1)(c1ccccc1)C(C)(C)C.C=C1N[C@H]2[C@H](CO[Si](c3ccccc3)(c3ccccc3)C(C)(C)C)N=C(NC(=O)C(Cl)(Cl)Cl)N3[C@H](C)C=CC23N1. The third-order valence-electron chi connectivity index (χ3n) is 14.6. The van der Waals surface area contributed by atoms with Crippen LogP contribution in [0.15, 0.2) is 187 Å². The number of rotatable bonds is 12. The molecule has 0 aliphatic carbocycles. The molecule has 0 radical (unpaired) electrons. The van der Waals surface area contributed by atoms with Gasteiger partial charge in [-0.2, -0.15) is 0 Å². The smallest absolute Gasteiger partial charge is 0.278 e. The Morgan fingerprint density at radius 1 is 0.675 bits per heavy atom. The number of nitrogens with one attached hydrogen (secondary N) is 5. The normalized spacial score (nSPS) is 21.6. The van der Waals surface area contributed by atoms with E-state index in [0.717, 1.165) is 16.1 Å². The second-order valence-corrected chi connectivity index (χ2v) is 35.0. The van der Waals surface area contributed by atoms with E-state index >= 15 is 0 Å². The number of hydrogen-bond acceptors (Lipinski definition) is 11. The van der Waals surface area contributed by atoms with E-state index in [2.05, 4.69) is 166 Å². The Kier molecular flexibility index (Phi) is 18.9. The zero-order valence-corrected chi connectivity index (χ0v) is 51.5. The van der Waals surface area contributed by atoms with Gasteiger partial charge in [-0.3, -0.25) is 24.8 Å². The van der Waals surface area contributed by atoms with E-state index in [4.69, 9.17) is 94.2 Å². The molecule has 0 bridgehead atoms. The molecule has 1 saturated heterocycles. The van der Waals surface area contributed by atoms with Crippen molar-refractivity contribution in [3.8, 4) is 0 Å². The van der Waals surface area contributed by atoms with Crippen molar-refractivity contribution < 1.29 is 18.4 Å². The Morgan fingerprint density at radius 3 is 1.50 bits per heavy atom. The van der Waals surface area contributed by atoms with Gasteiger partial charge in [0.2, 0.25) is 11.9 Å². The highest BCUT2D eigenvalue weighted by atomic mass is 35.6. The molecule has 5 aromatic rings. The van der Waals surface area contributed by atoms with Gasteiger partial charge in [0.15, 0.2) is 5.66 Å². The number of carbonyl (C=O) groups excluding carboxylic acids is 2. The Labute approximate surface area is 502 Å². The number of aromatic nitrogens is 1. The van der Waals surface area contributed by atoms with Crippen LogP contribution in [0.5, 0.6) is 0 Å². The summed E-state index contributed by atoms with van der Waals surface area (Å²) in [6.07, 6.45) is 5.90. The molecule has 22 heteroatoms. The van der Waals surface area contributed by atoms with E-state index in [9.17, 15) is 9.59 Å². The average Bonchev–Trinajstić information content (AvgIpc) is 4.31. The molecule has 1 fully saturated rings. The Morgan fingerprint density at radius 2 is 1.09 bits per heavy atom. The van der Waals surface area contributed by atoms with Crippen molar-refractivity contribution in [1.82, 2.24) is 36.1 Å². The van der Waals surface area contributed by atoms with E-state index in [1.165, 1.54) is 10.4 Å². The topological polar surface area (TPSA) is 172 Å². The highest BCUT2D eigenvalue weighted by molar-refractivity contribution is 7.00. The molecule has 426 valence electrons. The van der Waals surface area contributed by atoms with Gasteiger partial charge in [-0.25, -0.2) is 9.98 Å². The first-order valence-electron chi connectivity index (χ1n) is 25.7. The van der Waals surface area contributed by atoms with E-state index in [1.54, 1.807) is 10.8 Å². The van der Waals surface area contributed by atoms with Crippen molar-refractivity contribution >= 4 is 131 Å². The Hall–Kier alpha value is -5.25. The molecule has 4 aliphatic rings. The number of nitrogens with zero attached hydrogens (tertiary/aromatic N) is 4. The van der Waals surface area contributed by atoms with Crippen LogP contribution < -0.4 is 53.1 Å². The van der Waals surface area contributed by atoms with E-state index in [0.29, 0.717) is 11.8 Å². The van der Waals surface area contributed by atoms with Crippen molar-refractivity contribution in [3.63, 3.8) is 0 Å². The summed E-state index contributed by atoms with van der Waals surface area (Å²) in [5.41, 5.74) is 6.07. The Balaban J connectivity index is 0.000000228. The van der Waals surface area contributed by atoms with Gasteiger partial charge >= 0.3 is 0 Å². The van der Waals surface area contributed by atoms with Gasteiger partial charge in [0.05, 0.1) is 48.7 Å². The van der Waals surface area contributed by atoms with Crippen LogP contribution in [0.2, 0.25) is 10.1 Å². The minimum Gasteiger partial charge on any atom is -0.405 e. The van der Waals surface area contributed by atoms with Gasteiger partial charge in [-0.05, 0) is 56.0 Å². The number of nitrogens with two attached hydrogens (primary N) is 1. The molecule has 6 atom stereocenters. The summed E-state index contributed by atoms with van der Waals surface area (Å²) >= 11 is 35.3. The lowest BCUT2D eigenvalue weighted by Crippen LogP contribution is -2.72. The Bertz CT molecular complexity index is 3030. The fourth-order valence-corrected chi connectivity index (χ4v) is 20.7. The molecule has 5 heterocycles. The first-order chi connectivity index (χ1) is 37.1. The molecule has 1 aromatic heterocycles. The molecular formula is C58H70Cl6N10O4Si2. The number of carbonyl (C=O) groups is 2. The van der Waals surface area contributed by atoms with Crippen molar-refractivity contribution in [2.24, 2.45) is 15.7 Å². The van der Waals surface area contributed by atoms with Crippen LogP contribution in [-0.2, 0) is 18.4 Å². The number of guanidine groups is 1. The summed E-state index contributed by atoms with van der Waals surface area (Å²) < 4.78 is 11.8. The van der Waals surface area contributed by atoms with Crippen LogP contribution in [0.4, 0.5) is 0 Å². The van der Waals surface area contributed by atoms with Crippen LogP contribution >= 0.6 is 69.6 Å². The summed E-state index contributed by atoms with van der Waals surface area (Å²) in [6, 6.07) is 43.7. The highest BCUT2D eigenvalue weighted by Gasteiger charge is 2.60. The number of amides is 2. The first-order valence-corrected chi connectivity index (χ1v) is 31.8. The lowest BCUT2D eigenvalue weighted by molar-refractivity contribution is -0.119. The minimum atomic E-state index is -2.87. The second-order valence-electron chi connectivity index (χ2n) is 21.9. The molecule has 80 heavy (non-hydrogen) atoms. The molecule has 4 aromatic carbocycles. The zero-order chi connectivity index (χ0) is 57.3. The molecule has 9 rings (SSSR count). The molecule has 1 spiro atoms. The number of benzene rings is 4. The van der Waals surface area contributed by atoms with E-state index in [-0.39, 0.29) is 60.6 Å². The van der Waals surface area contributed by atoms with Crippen LogP contribution in [0.3, 0.4) is 0 Å². The van der Waals surface area contributed by atoms with Crippen molar-refractivity contribution in [2.45, 2.75) is 109 Å². The predicted octanol–water partition coefficient (Wildman–Crippen LogP) is 8.61. The van der Waals surface area contributed by atoms with Gasteiger partial charge in [0.25, 0.3) is 36.0 Å². The van der Waals surface area contributed by atoms with E-state index in [1.807, 2.05) is 72.5 Å². The second kappa shape index (κ2) is 24.3. The number of fused-ring (bicyclic) bond motifs is 1. The molecule has 0 saturated carbocycles. The molecule has 1 unspecified atom stereocenters. The van der Waals surface area contributed by atoms with Gasteiger partial charge < -0.3 is 35.4 Å². The lowest BCUT2D eigenvalue weighted by Gasteiger charge is -2.49. The number of halogens is 6. The van der Waals surface area contributed by atoms with Crippen molar-refractivity contribution in [3.05, 3.63) is 182 Å². The number of aliphatic imine (C=N–C) groups is 2. The standard InChI is InChI=1S/C29H34Cl3N5O2Si.C28H32Cl3N5O2Si.CH4/c1-19-16-17-28-24(33-20(2)36-28)23(34-26(37(19)28)35-25(38)29(30,31)32)18-39-40(27(3,4)5,21-12-8-6-9-13-21)22-14-10-7-11-15-22;1-19(32)33-24-22(34-26(35-25(37)28(29,30)31)36-17-11-16-23(24)36)18-38-39(27(2,3)4,20-12-7-5-8-13-20)21-14-9-6-10-15-21;/h6-17,19,23-24,33,36H,2,18H2,1,3-5H3,(H,34,35,38);5-17,22,24,33H,1,18,32H2,2-4H3,(H,34,35,37);1H4/t19-,23+,24+,28?;22-,24-;/m10./s1. The van der Waals surface area contributed by atoms with Gasteiger partial charge in [-0.1, -0.05) is 259 Å². The molecular weight excluding hydrogens is 1170 g/mol. The number of alkyl halides is 6. The molecule has 7 N–H and O–H groups in total. The number of hydrogen-bond donors (Lipinski definition) is 6. The van der Waals surface area contributed by atoms with Crippen LogP contribution in [-0.4, -0.2) is 100 Å². The maximum Gasteiger partial charge on any atom is 0.278 e. The molecule has 14 nitrogen and oxygen atoms in total. The first kappa shape index (κ1) is 62.4. The van der Waals surface area contributed by atoms with E-state index < -0.39 is 53.8 Å². The summed E-state index contributed by atoms with van der Waals surface area (Å²) in [5, 5.41) is 19.8. The summed E-state index contributed by atoms with van der Waals surface area (Å²) in [7, 11) is -5.72. The van der Waals surface area contributed by atoms with Gasteiger partial charge in [-0.15, -0.1) is 0 Å². The average molecular weight is 1240 g/mol. The maximum atomic E-state index is 12.8. The predicted molar refractivity (Wildman–Crippen MR) is 335 cm³/mol. The summed E-state index contributed by atoms with van der Waals surface area (Å²) in [5.74, 6) is -0.110. The van der Waals surface area contributed by atoms with Crippen LogP contribution in [0.1, 0.15) is 67.6 Å². The fraction of sp³-hybridized carbons (Fsp3) is 0.345. The van der Waals surface area contributed by atoms with Gasteiger partial charge in [0.1, 0.15) is 12.1 Å². The van der Waals surface area contributed by atoms with Crippen molar-refractivity contribution in [2.75, 3.05) is 13.2 Å². The summed E-state index contributed by atoms with van der Waals surface area (Å²) in [6.45, 7) is 23.8. The van der Waals surface area contributed by atoms with Crippen LogP contribution in [0.25, 0.3) is 0 Å². The molecule has 2 amide bonds. The highest BCUT2D eigenvalue weighted by Crippen LogP contribution is 2.42. The quantitative estimate of drug-likeness (QED) is 0.0407. The minimum absolute atomic E-state index is 0. The zero-order valence-electron chi connectivity index (χ0n) is 44.9. The summed E-state index contributed by atoms with van der Waals surface area (Å²) in [4.78, 5) is 37.2. The van der Waals surface area contributed by atoms with Gasteiger partial charge in [0, 0.05) is 6.20 Å².